The van der Waals surface area contributed by atoms with Gasteiger partial charge in [0.05, 0.1) is 6.10 Å². The lowest BCUT2D eigenvalue weighted by atomic mass is 10.1. The van der Waals surface area contributed by atoms with Crippen molar-refractivity contribution in [2.75, 3.05) is 33.7 Å². The Kier molecular flexibility index (Phi) is 4.75. The molecule has 100 valence electrons. The first-order valence-corrected chi connectivity index (χ1v) is 6.78. The van der Waals surface area contributed by atoms with Crippen LogP contribution in [0.4, 0.5) is 0 Å². The van der Waals surface area contributed by atoms with Gasteiger partial charge in [0.2, 0.25) is 0 Å². The van der Waals surface area contributed by atoms with Gasteiger partial charge in [-0.2, -0.15) is 0 Å². The Bertz CT molecular complexity index is 355. The van der Waals surface area contributed by atoms with E-state index in [-0.39, 0.29) is 6.10 Å². The largest absolute Gasteiger partial charge is 0.387 e. The summed E-state index contributed by atoms with van der Waals surface area (Å²) in [5, 5.41) is 10.2. The number of likely N-dealkylation sites (tertiary alicyclic amines) is 1. The number of nitrogens with zero attached hydrogens (tertiary/aromatic N) is 2. The highest BCUT2D eigenvalue weighted by Gasteiger charge is 2.22. The van der Waals surface area contributed by atoms with Gasteiger partial charge in [-0.25, -0.2) is 0 Å². The molecule has 0 amide bonds. The third kappa shape index (κ3) is 3.55. The number of aliphatic hydroxyl groups is 1. The van der Waals surface area contributed by atoms with Gasteiger partial charge in [-0.3, -0.25) is 0 Å². The van der Waals surface area contributed by atoms with E-state index in [9.17, 15) is 5.11 Å². The Labute approximate surface area is 110 Å². The molecule has 3 heteroatoms. The molecule has 1 fully saturated rings. The predicted octanol–water partition coefficient (Wildman–Crippen LogP) is 1.75. The number of rotatable bonds is 5. The van der Waals surface area contributed by atoms with Crippen LogP contribution in [0.5, 0.6) is 0 Å². The molecule has 1 aromatic rings. The predicted molar refractivity (Wildman–Crippen MR) is 74.6 cm³/mol. The minimum absolute atomic E-state index is 0.386. The second-order valence-corrected chi connectivity index (χ2v) is 5.42. The maximum atomic E-state index is 10.2. The minimum Gasteiger partial charge on any atom is -0.387 e. The van der Waals surface area contributed by atoms with Crippen LogP contribution < -0.4 is 0 Å². The Hall–Kier alpha value is -0.900. The van der Waals surface area contributed by atoms with Crippen molar-refractivity contribution in [1.82, 2.24) is 9.80 Å². The highest BCUT2D eigenvalue weighted by atomic mass is 16.3. The molecular weight excluding hydrogens is 224 g/mol. The molecule has 1 heterocycles. The first-order valence-electron chi connectivity index (χ1n) is 6.78. The van der Waals surface area contributed by atoms with Gasteiger partial charge in [-0.05, 0) is 39.0 Å². The smallest absolute Gasteiger partial charge is 0.0916 e. The molecular formula is C15H24N2O. The van der Waals surface area contributed by atoms with E-state index in [1.807, 2.05) is 30.3 Å². The molecule has 0 spiro atoms. The Morgan fingerprint density at radius 3 is 2.72 bits per heavy atom. The molecule has 0 aromatic heterocycles. The molecule has 3 nitrogen and oxygen atoms in total. The van der Waals surface area contributed by atoms with Crippen LogP contribution in [-0.2, 0) is 0 Å². The maximum absolute atomic E-state index is 10.2. The van der Waals surface area contributed by atoms with Crippen LogP contribution in [0.3, 0.4) is 0 Å². The van der Waals surface area contributed by atoms with Crippen LogP contribution in [0.1, 0.15) is 24.5 Å². The average molecular weight is 248 g/mol. The van der Waals surface area contributed by atoms with Crippen molar-refractivity contribution in [2.24, 2.45) is 0 Å². The van der Waals surface area contributed by atoms with Crippen LogP contribution in [-0.4, -0.2) is 54.7 Å². The van der Waals surface area contributed by atoms with Crippen LogP contribution in [0.2, 0.25) is 0 Å². The standard InChI is InChI=1S/C15H24N2O/c1-16(11-14-9-6-10-17(14)2)12-15(18)13-7-4-3-5-8-13/h3-5,7-8,14-15,18H,6,9-12H2,1-2H3. The fraction of sp³-hybridized carbons (Fsp3) is 0.600. The first kappa shape index (κ1) is 13.5. The summed E-state index contributed by atoms with van der Waals surface area (Å²) in [7, 11) is 4.29. The molecule has 0 saturated carbocycles. The van der Waals surface area contributed by atoms with Gasteiger partial charge in [-0.15, -0.1) is 0 Å². The van der Waals surface area contributed by atoms with Crippen molar-refractivity contribution < 1.29 is 5.11 Å². The zero-order valence-corrected chi connectivity index (χ0v) is 11.4. The number of hydrogen-bond donors (Lipinski definition) is 1. The molecule has 18 heavy (non-hydrogen) atoms. The lowest BCUT2D eigenvalue weighted by Crippen LogP contribution is -2.38. The summed E-state index contributed by atoms with van der Waals surface area (Å²) in [6, 6.07) is 10.6. The number of hydrogen-bond acceptors (Lipinski definition) is 3. The zero-order valence-electron chi connectivity index (χ0n) is 11.4. The summed E-state index contributed by atoms with van der Waals surface area (Å²) in [4.78, 5) is 4.66. The fourth-order valence-corrected chi connectivity index (χ4v) is 2.72. The summed E-state index contributed by atoms with van der Waals surface area (Å²) in [6.45, 7) is 2.95. The van der Waals surface area contributed by atoms with Crippen LogP contribution in [0.25, 0.3) is 0 Å². The summed E-state index contributed by atoms with van der Waals surface area (Å²) in [5.41, 5.74) is 1.00. The van der Waals surface area contributed by atoms with Gasteiger partial charge in [0.1, 0.15) is 0 Å². The second-order valence-electron chi connectivity index (χ2n) is 5.42. The molecule has 2 unspecified atom stereocenters. The van der Waals surface area contributed by atoms with E-state index in [1.165, 1.54) is 19.4 Å². The van der Waals surface area contributed by atoms with E-state index >= 15 is 0 Å². The summed E-state index contributed by atoms with van der Waals surface area (Å²) < 4.78 is 0. The quantitative estimate of drug-likeness (QED) is 0.860. The van der Waals surface area contributed by atoms with Crippen molar-refractivity contribution in [1.29, 1.82) is 0 Å². The molecule has 2 rings (SSSR count). The topological polar surface area (TPSA) is 26.7 Å². The molecule has 1 aromatic carbocycles. The van der Waals surface area contributed by atoms with E-state index < -0.39 is 0 Å². The molecule has 0 radical (unpaired) electrons. The van der Waals surface area contributed by atoms with E-state index in [0.29, 0.717) is 12.6 Å². The molecule has 1 saturated heterocycles. The molecule has 0 aliphatic carbocycles. The van der Waals surface area contributed by atoms with Gasteiger partial charge in [0.25, 0.3) is 0 Å². The number of aliphatic hydroxyl groups excluding tert-OH is 1. The lowest BCUT2D eigenvalue weighted by molar-refractivity contribution is 0.113. The lowest BCUT2D eigenvalue weighted by Gasteiger charge is -2.27. The number of benzene rings is 1. The van der Waals surface area contributed by atoms with Gasteiger partial charge in [0, 0.05) is 19.1 Å². The van der Waals surface area contributed by atoms with Crippen molar-refractivity contribution >= 4 is 0 Å². The minimum atomic E-state index is -0.386. The van der Waals surface area contributed by atoms with E-state index in [2.05, 4.69) is 23.9 Å². The van der Waals surface area contributed by atoms with Crippen molar-refractivity contribution in [3.8, 4) is 0 Å². The SMILES string of the molecule is CN(CC(O)c1ccccc1)CC1CCCN1C. The average Bonchev–Trinajstić information content (AvgIpc) is 2.76. The Morgan fingerprint density at radius 2 is 2.11 bits per heavy atom. The van der Waals surface area contributed by atoms with Gasteiger partial charge < -0.3 is 14.9 Å². The fourth-order valence-electron chi connectivity index (χ4n) is 2.72. The molecule has 1 N–H and O–H groups in total. The highest BCUT2D eigenvalue weighted by Crippen LogP contribution is 2.17. The molecule has 0 bridgehead atoms. The zero-order chi connectivity index (χ0) is 13.0. The van der Waals surface area contributed by atoms with Gasteiger partial charge in [-0.1, -0.05) is 30.3 Å². The van der Waals surface area contributed by atoms with Crippen molar-refractivity contribution in [3.63, 3.8) is 0 Å². The highest BCUT2D eigenvalue weighted by molar-refractivity contribution is 5.17. The third-order valence-electron chi connectivity index (χ3n) is 3.86. The monoisotopic (exact) mass is 248 g/mol. The van der Waals surface area contributed by atoms with E-state index in [4.69, 9.17) is 0 Å². The molecule has 1 aliphatic heterocycles. The number of likely N-dealkylation sites (N-methyl/N-ethyl adjacent to an activating group) is 2. The Morgan fingerprint density at radius 1 is 1.39 bits per heavy atom. The van der Waals surface area contributed by atoms with Crippen LogP contribution in [0.15, 0.2) is 30.3 Å². The van der Waals surface area contributed by atoms with Gasteiger partial charge in [0.15, 0.2) is 0 Å². The summed E-state index contributed by atoms with van der Waals surface area (Å²) in [5.74, 6) is 0. The summed E-state index contributed by atoms with van der Waals surface area (Å²) >= 11 is 0. The van der Waals surface area contributed by atoms with Crippen LogP contribution in [0, 0.1) is 0 Å². The maximum Gasteiger partial charge on any atom is 0.0916 e. The normalized spacial score (nSPS) is 22.6. The molecule has 2 atom stereocenters. The first-order chi connectivity index (χ1) is 8.66. The van der Waals surface area contributed by atoms with E-state index in [1.54, 1.807) is 0 Å². The second kappa shape index (κ2) is 6.32. The molecule has 1 aliphatic rings. The summed E-state index contributed by atoms with van der Waals surface area (Å²) in [6.07, 6.45) is 2.20. The Balaban J connectivity index is 1.82. The van der Waals surface area contributed by atoms with Crippen molar-refractivity contribution in [3.05, 3.63) is 35.9 Å². The third-order valence-corrected chi connectivity index (χ3v) is 3.86. The van der Waals surface area contributed by atoms with Crippen molar-refractivity contribution in [2.45, 2.75) is 25.0 Å². The van der Waals surface area contributed by atoms with Gasteiger partial charge >= 0.3 is 0 Å². The van der Waals surface area contributed by atoms with Crippen LogP contribution >= 0.6 is 0 Å². The van der Waals surface area contributed by atoms with E-state index in [0.717, 1.165) is 12.1 Å².